The number of aliphatic carboxylic acids is 1. The Morgan fingerprint density at radius 3 is 2.34 bits per heavy atom. The monoisotopic (exact) mass is 398 g/mol. The summed E-state index contributed by atoms with van der Waals surface area (Å²) in [6.07, 6.45) is 2.00. The Bertz CT molecular complexity index is 870. The van der Waals surface area contributed by atoms with E-state index in [2.05, 4.69) is 5.32 Å². The summed E-state index contributed by atoms with van der Waals surface area (Å²) in [6.45, 7) is 0.317. The summed E-state index contributed by atoms with van der Waals surface area (Å²) in [7, 11) is 0. The molecule has 3 rings (SSSR count). The van der Waals surface area contributed by atoms with Gasteiger partial charge in [-0.05, 0) is 36.1 Å². The van der Waals surface area contributed by atoms with Gasteiger partial charge < -0.3 is 15.3 Å². The molecule has 6 nitrogen and oxygen atoms in total. The quantitative estimate of drug-likeness (QED) is 0.751. The number of carbonyl (C=O) groups is 3. The van der Waals surface area contributed by atoms with Crippen LogP contribution in [0.1, 0.15) is 42.3 Å². The minimum Gasteiger partial charge on any atom is -0.481 e. The molecule has 2 aromatic carbocycles. The van der Waals surface area contributed by atoms with Gasteiger partial charge in [-0.15, -0.1) is 0 Å². The smallest absolute Gasteiger partial charge is 0.312 e. The predicted molar refractivity (Wildman–Crippen MR) is 105 cm³/mol. The summed E-state index contributed by atoms with van der Waals surface area (Å²) < 4.78 is 13.1. The third-order valence-electron chi connectivity index (χ3n) is 5.09. The van der Waals surface area contributed by atoms with Crippen LogP contribution in [0.5, 0.6) is 0 Å². The second-order valence-electron chi connectivity index (χ2n) is 7.04. The van der Waals surface area contributed by atoms with Crippen molar-refractivity contribution >= 4 is 17.8 Å². The number of nitrogens with one attached hydrogen (secondary N) is 1. The highest BCUT2D eigenvalue weighted by atomic mass is 19.1. The van der Waals surface area contributed by atoms with Gasteiger partial charge in [-0.1, -0.05) is 42.5 Å². The highest BCUT2D eigenvalue weighted by Gasteiger charge is 2.33. The third-order valence-corrected chi connectivity index (χ3v) is 5.09. The fraction of sp³-hybridized carbons (Fsp3) is 0.318. The van der Waals surface area contributed by atoms with Gasteiger partial charge in [-0.2, -0.15) is 0 Å². The number of carbonyl (C=O) groups excluding carboxylic acids is 2. The van der Waals surface area contributed by atoms with E-state index in [4.69, 9.17) is 0 Å². The van der Waals surface area contributed by atoms with Gasteiger partial charge in [0.1, 0.15) is 11.9 Å². The van der Waals surface area contributed by atoms with Crippen LogP contribution in [0.25, 0.3) is 0 Å². The van der Waals surface area contributed by atoms with Crippen LogP contribution in [-0.4, -0.2) is 40.9 Å². The zero-order valence-corrected chi connectivity index (χ0v) is 15.9. The lowest BCUT2D eigenvalue weighted by Crippen LogP contribution is -2.46. The summed E-state index contributed by atoms with van der Waals surface area (Å²) in [6, 6.07) is 13.3. The maximum atomic E-state index is 13.1. The highest BCUT2D eigenvalue weighted by molar-refractivity contribution is 5.89. The molecule has 2 aromatic rings. The molecule has 1 fully saturated rings. The Labute approximate surface area is 168 Å². The molecule has 0 spiro atoms. The largest absolute Gasteiger partial charge is 0.481 e. The minimum atomic E-state index is -1.12. The van der Waals surface area contributed by atoms with E-state index < -0.39 is 29.7 Å². The molecular weight excluding hydrogens is 375 g/mol. The SMILES string of the molecule is O=C(O)C(CNC(=O)C(c1ccccc1)N1CCCCC1=O)c1ccc(F)cc1. The number of halogens is 1. The number of rotatable bonds is 7. The normalized spacial score (nSPS) is 16.2. The van der Waals surface area contributed by atoms with Crippen molar-refractivity contribution in [3.8, 4) is 0 Å². The Balaban J connectivity index is 1.79. The number of carboxylic acids is 1. The average Bonchev–Trinajstić information content (AvgIpc) is 2.72. The van der Waals surface area contributed by atoms with Crippen molar-refractivity contribution < 1.29 is 23.9 Å². The van der Waals surface area contributed by atoms with Crippen LogP contribution in [0.15, 0.2) is 54.6 Å². The van der Waals surface area contributed by atoms with Crippen LogP contribution in [0.4, 0.5) is 4.39 Å². The molecule has 1 heterocycles. The first-order chi connectivity index (χ1) is 14.0. The lowest BCUT2D eigenvalue weighted by molar-refractivity contribution is -0.143. The first-order valence-electron chi connectivity index (χ1n) is 9.58. The number of nitrogens with zero attached hydrogens (tertiary/aromatic N) is 1. The van der Waals surface area contributed by atoms with E-state index in [1.54, 1.807) is 29.2 Å². The van der Waals surface area contributed by atoms with E-state index in [0.29, 0.717) is 24.1 Å². The summed E-state index contributed by atoms with van der Waals surface area (Å²) in [5.41, 5.74) is 1.07. The van der Waals surface area contributed by atoms with Crippen molar-refractivity contribution in [2.45, 2.75) is 31.2 Å². The van der Waals surface area contributed by atoms with E-state index in [1.165, 1.54) is 24.3 Å². The van der Waals surface area contributed by atoms with Crippen LogP contribution < -0.4 is 5.32 Å². The zero-order valence-electron chi connectivity index (χ0n) is 15.9. The molecule has 7 heteroatoms. The van der Waals surface area contributed by atoms with Crippen LogP contribution in [0.2, 0.25) is 0 Å². The molecule has 2 unspecified atom stereocenters. The number of benzene rings is 2. The fourth-order valence-corrected chi connectivity index (χ4v) is 3.55. The molecule has 152 valence electrons. The summed E-state index contributed by atoms with van der Waals surface area (Å²) in [5, 5.41) is 12.2. The number of amides is 2. The molecule has 2 atom stereocenters. The second kappa shape index (κ2) is 9.32. The number of hydrogen-bond acceptors (Lipinski definition) is 3. The van der Waals surface area contributed by atoms with Gasteiger partial charge in [-0.25, -0.2) is 4.39 Å². The van der Waals surface area contributed by atoms with E-state index in [0.717, 1.165) is 12.8 Å². The summed E-state index contributed by atoms with van der Waals surface area (Å²) >= 11 is 0. The Kier molecular flexibility index (Phi) is 6.59. The molecule has 0 radical (unpaired) electrons. The maximum Gasteiger partial charge on any atom is 0.312 e. The van der Waals surface area contributed by atoms with Crippen LogP contribution in [0, 0.1) is 5.82 Å². The van der Waals surface area contributed by atoms with Crippen molar-refractivity contribution in [1.29, 1.82) is 0 Å². The van der Waals surface area contributed by atoms with Crippen LogP contribution in [-0.2, 0) is 14.4 Å². The van der Waals surface area contributed by atoms with Gasteiger partial charge in [0.2, 0.25) is 11.8 Å². The van der Waals surface area contributed by atoms with E-state index in [-0.39, 0.29) is 12.5 Å². The highest BCUT2D eigenvalue weighted by Crippen LogP contribution is 2.26. The van der Waals surface area contributed by atoms with E-state index in [9.17, 15) is 23.9 Å². The fourth-order valence-electron chi connectivity index (χ4n) is 3.55. The topological polar surface area (TPSA) is 86.7 Å². The second-order valence-corrected chi connectivity index (χ2v) is 7.04. The van der Waals surface area contributed by atoms with Gasteiger partial charge in [0.25, 0.3) is 0 Å². The van der Waals surface area contributed by atoms with Crippen LogP contribution in [0.3, 0.4) is 0 Å². The van der Waals surface area contributed by atoms with Crippen molar-refractivity contribution in [3.63, 3.8) is 0 Å². The molecular formula is C22H23FN2O4. The van der Waals surface area contributed by atoms with Crippen molar-refractivity contribution in [3.05, 3.63) is 71.5 Å². The molecule has 0 aromatic heterocycles. The Hall–Kier alpha value is -3.22. The predicted octanol–water partition coefficient (Wildman–Crippen LogP) is 2.86. The van der Waals surface area contributed by atoms with Crippen molar-refractivity contribution in [1.82, 2.24) is 10.2 Å². The van der Waals surface area contributed by atoms with Gasteiger partial charge >= 0.3 is 5.97 Å². The standard InChI is InChI=1S/C22H23FN2O4/c23-17-11-9-15(10-12-17)18(22(28)29)14-24-21(27)20(16-6-2-1-3-7-16)25-13-5-4-8-19(25)26/h1-3,6-7,9-12,18,20H,4-5,8,13-14H2,(H,24,27)(H,28,29). The molecule has 0 saturated carbocycles. The minimum absolute atomic E-state index is 0.0893. The van der Waals surface area contributed by atoms with E-state index in [1.807, 2.05) is 6.07 Å². The van der Waals surface area contributed by atoms with Crippen molar-refractivity contribution in [2.24, 2.45) is 0 Å². The average molecular weight is 398 g/mol. The van der Waals surface area contributed by atoms with Gasteiger partial charge in [-0.3, -0.25) is 14.4 Å². The van der Waals surface area contributed by atoms with Gasteiger partial charge in [0, 0.05) is 19.5 Å². The Morgan fingerprint density at radius 2 is 1.72 bits per heavy atom. The molecule has 1 saturated heterocycles. The van der Waals surface area contributed by atoms with Gasteiger partial charge in [0.05, 0.1) is 5.92 Å². The molecule has 1 aliphatic rings. The molecule has 2 N–H and O–H groups in total. The Morgan fingerprint density at radius 1 is 1.03 bits per heavy atom. The molecule has 2 amide bonds. The molecule has 1 aliphatic heterocycles. The molecule has 29 heavy (non-hydrogen) atoms. The first-order valence-corrected chi connectivity index (χ1v) is 9.58. The lowest BCUT2D eigenvalue weighted by Gasteiger charge is -2.34. The first kappa shape index (κ1) is 20.5. The maximum absolute atomic E-state index is 13.1. The molecule has 0 bridgehead atoms. The summed E-state index contributed by atoms with van der Waals surface area (Å²) in [4.78, 5) is 38.7. The lowest BCUT2D eigenvalue weighted by atomic mass is 9.97. The summed E-state index contributed by atoms with van der Waals surface area (Å²) in [5.74, 6) is -3.13. The van der Waals surface area contributed by atoms with Crippen LogP contribution >= 0.6 is 0 Å². The number of carboxylic acid groups (broad SMARTS) is 1. The van der Waals surface area contributed by atoms with Gasteiger partial charge in [0.15, 0.2) is 0 Å². The number of likely N-dealkylation sites (tertiary alicyclic amines) is 1. The third kappa shape index (κ3) is 4.99. The molecule has 0 aliphatic carbocycles. The zero-order chi connectivity index (χ0) is 20.8. The van der Waals surface area contributed by atoms with E-state index >= 15 is 0 Å². The number of piperidine rings is 1. The van der Waals surface area contributed by atoms with Crippen molar-refractivity contribution in [2.75, 3.05) is 13.1 Å². The number of hydrogen-bond donors (Lipinski definition) is 2.